The van der Waals surface area contributed by atoms with Crippen LogP contribution in [0.3, 0.4) is 0 Å². The van der Waals surface area contributed by atoms with Gasteiger partial charge in [0.1, 0.15) is 25.3 Å². The number of fused-ring (bicyclic) bond motifs is 1. The van der Waals surface area contributed by atoms with E-state index in [-0.39, 0.29) is 37.7 Å². The second kappa shape index (κ2) is 15.3. The molecule has 258 valence electrons. The lowest BCUT2D eigenvalue weighted by molar-refractivity contribution is -0.147. The standard InChI is InChI=1S/C34H41N8O6P/c1-22(32(43)46-18-24-9-5-3-6-10-24)40-49(45,41-23(2)33(44)47-19-25-11-7-4-8-12-25)48-20-26-13-16-28(17-26)42-21-36-29-30(37-27-14-15-27)38-34(35)39-31(29)42/h3-13,16,21-23,26-28H,14-15,17-20H2,1-2H3,(H2,40,41,45)(H3,35,37,38,39)/t22-,23-,26+,28-/m0/s1. The first-order valence-corrected chi connectivity index (χ1v) is 17.9. The normalized spacial score (nSPS) is 18.7. The third kappa shape index (κ3) is 9.09. The van der Waals surface area contributed by atoms with Crippen molar-refractivity contribution in [3.8, 4) is 0 Å². The number of allylic oxidation sites excluding steroid dienone is 1. The van der Waals surface area contributed by atoms with E-state index in [1.807, 2.05) is 77.4 Å². The van der Waals surface area contributed by atoms with Crippen LogP contribution in [-0.2, 0) is 41.4 Å². The number of imidazole rings is 1. The number of nitrogens with zero attached hydrogens (tertiary/aromatic N) is 4. The van der Waals surface area contributed by atoms with Crippen molar-refractivity contribution in [1.29, 1.82) is 0 Å². The molecule has 0 amide bonds. The molecule has 2 heterocycles. The minimum absolute atomic E-state index is 0.0279. The van der Waals surface area contributed by atoms with Gasteiger partial charge in [-0.1, -0.05) is 72.8 Å². The molecule has 1 saturated carbocycles. The summed E-state index contributed by atoms with van der Waals surface area (Å²) in [6.07, 6.45) is 8.46. The van der Waals surface area contributed by atoms with Crippen LogP contribution in [-0.4, -0.2) is 56.2 Å². The number of ether oxygens (including phenoxy) is 2. The Morgan fingerprint density at radius 1 is 0.918 bits per heavy atom. The lowest BCUT2D eigenvalue weighted by atomic mass is 10.1. The van der Waals surface area contributed by atoms with Gasteiger partial charge in [0.15, 0.2) is 17.0 Å². The molecule has 2 aliphatic rings. The topological polar surface area (TPSA) is 185 Å². The first kappa shape index (κ1) is 34.3. The average Bonchev–Trinajstić information content (AvgIpc) is 3.61. The van der Waals surface area contributed by atoms with Crippen molar-refractivity contribution in [3.05, 3.63) is 90.3 Å². The number of anilines is 2. The number of hydrogen-bond donors (Lipinski definition) is 4. The molecule has 49 heavy (non-hydrogen) atoms. The lowest BCUT2D eigenvalue weighted by Crippen LogP contribution is -2.42. The van der Waals surface area contributed by atoms with Crippen molar-refractivity contribution in [2.24, 2.45) is 5.92 Å². The van der Waals surface area contributed by atoms with E-state index in [9.17, 15) is 14.2 Å². The molecule has 6 rings (SSSR count). The van der Waals surface area contributed by atoms with Crippen LogP contribution in [0.15, 0.2) is 79.1 Å². The van der Waals surface area contributed by atoms with E-state index in [1.165, 1.54) is 13.8 Å². The van der Waals surface area contributed by atoms with E-state index in [1.54, 1.807) is 6.33 Å². The van der Waals surface area contributed by atoms with Crippen LogP contribution in [0.5, 0.6) is 0 Å². The molecule has 2 aromatic carbocycles. The number of nitrogens with two attached hydrogens (primary N) is 1. The predicted octanol–water partition coefficient (Wildman–Crippen LogP) is 4.67. The highest BCUT2D eigenvalue weighted by Gasteiger charge is 2.35. The SMILES string of the molecule is C[C@H](NP(=O)(N[C@@H](C)C(=O)OCc1ccccc1)OC[C@@H]1C=C[C@H](n2cnc3c(NC4CC4)nc(N)nc32)C1)C(=O)OCc1ccccc1. The van der Waals surface area contributed by atoms with Crippen LogP contribution in [0.25, 0.3) is 11.2 Å². The van der Waals surface area contributed by atoms with Crippen molar-refractivity contribution in [3.63, 3.8) is 0 Å². The maximum absolute atomic E-state index is 14.3. The zero-order valence-corrected chi connectivity index (χ0v) is 28.3. The van der Waals surface area contributed by atoms with Crippen molar-refractivity contribution in [2.45, 2.75) is 70.5 Å². The highest BCUT2D eigenvalue weighted by molar-refractivity contribution is 7.54. The van der Waals surface area contributed by atoms with Crippen LogP contribution < -0.4 is 21.2 Å². The van der Waals surface area contributed by atoms with Gasteiger partial charge >= 0.3 is 19.6 Å². The number of aromatic nitrogens is 4. The van der Waals surface area contributed by atoms with Gasteiger partial charge in [-0.05, 0) is 44.2 Å². The van der Waals surface area contributed by atoms with Gasteiger partial charge < -0.3 is 29.6 Å². The van der Waals surface area contributed by atoms with Crippen molar-refractivity contribution in [2.75, 3.05) is 17.7 Å². The molecule has 1 fully saturated rings. The Kier molecular flexibility index (Phi) is 10.7. The fourth-order valence-corrected chi connectivity index (χ4v) is 7.27. The zero-order chi connectivity index (χ0) is 34.4. The number of nitrogen functional groups attached to an aromatic ring is 1. The second-order valence-electron chi connectivity index (χ2n) is 12.4. The van der Waals surface area contributed by atoms with Gasteiger partial charge in [0.25, 0.3) is 0 Å². The molecule has 0 radical (unpaired) electrons. The van der Waals surface area contributed by atoms with Crippen molar-refractivity contribution < 1.29 is 28.2 Å². The summed E-state index contributed by atoms with van der Waals surface area (Å²) in [7, 11) is -4.02. The number of esters is 2. The van der Waals surface area contributed by atoms with Gasteiger partial charge in [-0.3, -0.25) is 14.2 Å². The number of hydrogen-bond acceptors (Lipinski definition) is 11. The summed E-state index contributed by atoms with van der Waals surface area (Å²) in [5, 5.41) is 8.92. The Hall–Kier alpha value is -4.62. The number of nitrogens with one attached hydrogen (secondary N) is 3. The molecule has 0 unspecified atom stereocenters. The summed E-state index contributed by atoms with van der Waals surface area (Å²) in [5.41, 5.74) is 8.93. The van der Waals surface area contributed by atoms with E-state index in [4.69, 9.17) is 19.7 Å². The molecule has 5 N–H and O–H groups in total. The highest BCUT2D eigenvalue weighted by Crippen LogP contribution is 2.42. The van der Waals surface area contributed by atoms with Gasteiger partial charge in [-0.15, -0.1) is 0 Å². The smallest absolute Gasteiger partial charge is 0.342 e. The van der Waals surface area contributed by atoms with Gasteiger partial charge in [0, 0.05) is 12.0 Å². The molecule has 0 saturated heterocycles. The Bertz CT molecular complexity index is 1770. The number of benzene rings is 2. The van der Waals surface area contributed by atoms with E-state index in [2.05, 4.69) is 30.4 Å². The largest absolute Gasteiger partial charge is 0.460 e. The molecule has 0 bridgehead atoms. The van der Waals surface area contributed by atoms with E-state index in [0.717, 1.165) is 24.0 Å². The van der Waals surface area contributed by atoms with Gasteiger partial charge in [0.05, 0.1) is 19.0 Å². The quantitative estimate of drug-likeness (QED) is 0.0724. The average molecular weight is 689 g/mol. The van der Waals surface area contributed by atoms with Crippen LogP contribution >= 0.6 is 7.67 Å². The van der Waals surface area contributed by atoms with Crippen molar-refractivity contribution >= 4 is 42.5 Å². The molecule has 0 spiro atoms. The van der Waals surface area contributed by atoms with Crippen molar-refractivity contribution in [1.82, 2.24) is 29.7 Å². The van der Waals surface area contributed by atoms with E-state index >= 15 is 0 Å². The minimum atomic E-state index is -4.02. The summed E-state index contributed by atoms with van der Waals surface area (Å²) in [6, 6.07) is 16.7. The third-order valence-electron chi connectivity index (χ3n) is 8.22. The van der Waals surface area contributed by atoms with Crippen LogP contribution in [0.4, 0.5) is 11.8 Å². The monoisotopic (exact) mass is 688 g/mol. The fourth-order valence-electron chi connectivity index (χ4n) is 5.42. The predicted molar refractivity (Wildman–Crippen MR) is 184 cm³/mol. The molecule has 14 nitrogen and oxygen atoms in total. The van der Waals surface area contributed by atoms with Crippen LogP contribution in [0, 0.1) is 5.92 Å². The minimum Gasteiger partial charge on any atom is -0.460 e. The van der Waals surface area contributed by atoms with Gasteiger partial charge in [0.2, 0.25) is 5.95 Å². The zero-order valence-electron chi connectivity index (χ0n) is 27.4. The van der Waals surface area contributed by atoms with Gasteiger partial charge in [-0.25, -0.2) is 15.2 Å². The molecule has 4 aromatic rings. The Morgan fingerprint density at radius 2 is 1.51 bits per heavy atom. The first-order chi connectivity index (χ1) is 23.7. The Labute approximate surface area is 284 Å². The fraction of sp³-hybridized carbons (Fsp3) is 0.382. The highest BCUT2D eigenvalue weighted by atomic mass is 31.2. The lowest BCUT2D eigenvalue weighted by Gasteiger charge is -2.27. The number of carbonyl (C=O) groups is 2. The summed E-state index contributed by atoms with van der Waals surface area (Å²) in [4.78, 5) is 39.2. The molecule has 4 atom stereocenters. The molecule has 0 aliphatic heterocycles. The molecular formula is C34H41N8O6P. The molecule has 15 heteroatoms. The number of rotatable bonds is 16. The Balaban J connectivity index is 1.10. The Morgan fingerprint density at radius 3 is 2.08 bits per heavy atom. The second-order valence-corrected chi connectivity index (χ2v) is 14.2. The maximum atomic E-state index is 14.3. The molecular weight excluding hydrogens is 647 g/mol. The summed E-state index contributed by atoms with van der Waals surface area (Å²) >= 11 is 0. The molecule has 2 aliphatic carbocycles. The van der Waals surface area contributed by atoms with Crippen LogP contribution in [0.2, 0.25) is 0 Å². The number of carbonyl (C=O) groups excluding carboxylic acids is 2. The summed E-state index contributed by atoms with van der Waals surface area (Å²) < 4.78 is 33.1. The maximum Gasteiger partial charge on any atom is 0.342 e. The summed E-state index contributed by atoms with van der Waals surface area (Å²) in [6.45, 7) is 3.19. The summed E-state index contributed by atoms with van der Waals surface area (Å²) in [5.74, 6) is -0.623. The van der Waals surface area contributed by atoms with Crippen LogP contribution in [0.1, 0.15) is 50.3 Å². The molecule has 2 aromatic heterocycles. The first-order valence-electron chi connectivity index (χ1n) is 16.3. The van der Waals surface area contributed by atoms with E-state index in [0.29, 0.717) is 29.4 Å². The van der Waals surface area contributed by atoms with E-state index < -0.39 is 31.7 Å². The van der Waals surface area contributed by atoms with Gasteiger partial charge in [-0.2, -0.15) is 9.97 Å². The third-order valence-corrected chi connectivity index (χ3v) is 10.2.